The predicted octanol–water partition coefficient (Wildman–Crippen LogP) is 2.04. The summed E-state index contributed by atoms with van der Waals surface area (Å²) in [5.41, 5.74) is 2.49. The number of hydrogen-bond acceptors (Lipinski definition) is 7. The SMILES string of the molecule is CCc1nc(N2CCCC(CNC(=O)c3scnc3C)C2)no1. The molecule has 1 saturated heterocycles. The maximum atomic E-state index is 12.2. The first-order valence-corrected chi connectivity index (χ1v) is 8.81. The van der Waals surface area contributed by atoms with Crippen LogP contribution in [0.4, 0.5) is 5.95 Å². The molecule has 0 spiro atoms. The van der Waals surface area contributed by atoms with Gasteiger partial charge < -0.3 is 14.7 Å². The molecule has 7 nitrogen and oxygen atoms in total. The zero-order valence-corrected chi connectivity index (χ0v) is 14.2. The van der Waals surface area contributed by atoms with Crippen molar-refractivity contribution in [2.75, 3.05) is 24.5 Å². The maximum Gasteiger partial charge on any atom is 0.266 e. The van der Waals surface area contributed by atoms with Crippen LogP contribution in [0.1, 0.15) is 41.0 Å². The molecular weight excluding hydrogens is 314 g/mol. The summed E-state index contributed by atoms with van der Waals surface area (Å²) < 4.78 is 5.18. The third-order valence-electron chi connectivity index (χ3n) is 4.06. The molecular formula is C15H21N5O2S. The number of nitrogens with zero attached hydrogens (tertiary/aromatic N) is 4. The number of aromatic nitrogens is 3. The van der Waals surface area contributed by atoms with Crippen molar-refractivity contribution >= 4 is 23.2 Å². The third kappa shape index (κ3) is 3.69. The number of thiazole rings is 1. The van der Waals surface area contributed by atoms with Crippen molar-refractivity contribution in [2.45, 2.75) is 33.1 Å². The van der Waals surface area contributed by atoms with Crippen molar-refractivity contribution in [3.8, 4) is 0 Å². The third-order valence-corrected chi connectivity index (χ3v) is 4.99. The molecule has 0 aromatic carbocycles. The lowest BCUT2D eigenvalue weighted by atomic mass is 9.98. The lowest BCUT2D eigenvalue weighted by Crippen LogP contribution is -2.41. The lowest BCUT2D eigenvalue weighted by molar-refractivity contribution is 0.0949. The van der Waals surface area contributed by atoms with Crippen LogP contribution >= 0.6 is 11.3 Å². The highest BCUT2D eigenvalue weighted by Gasteiger charge is 2.24. The van der Waals surface area contributed by atoms with Crippen molar-refractivity contribution < 1.29 is 9.32 Å². The van der Waals surface area contributed by atoms with E-state index in [9.17, 15) is 4.79 Å². The van der Waals surface area contributed by atoms with Crippen LogP contribution in [0, 0.1) is 12.8 Å². The molecule has 0 radical (unpaired) electrons. The highest BCUT2D eigenvalue weighted by molar-refractivity contribution is 7.11. The molecule has 124 valence electrons. The second-order valence-corrected chi connectivity index (χ2v) is 6.63. The Hall–Kier alpha value is -1.96. The van der Waals surface area contributed by atoms with Crippen LogP contribution in [0.15, 0.2) is 10.0 Å². The van der Waals surface area contributed by atoms with Crippen molar-refractivity contribution in [2.24, 2.45) is 5.92 Å². The Bertz CT molecular complexity index is 668. The lowest BCUT2D eigenvalue weighted by Gasteiger charge is -2.31. The first-order valence-electron chi connectivity index (χ1n) is 7.93. The number of carbonyl (C=O) groups excluding carboxylic acids is 1. The fourth-order valence-corrected chi connectivity index (χ4v) is 3.49. The summed E-state index contributed by atoms with van der Waals surface area (Å²) in [6.07, 6.45) is 2.90. The quantitative estimate of drug-likeness (QED) is 0.900. The standard InChI is InChI=1S/C15H21N5O2S/c1-3-12-18-15(19-22-12)20-6-4-5-11(8-20)7-16-14(21)13-10(2)17-9-23-13/h9,11H,3-8H2,1-2H3,(H,16,21). The molecule has 1 amide bonds. The van der Waals surface area contributed by atoms with Crippen LogP contribution in [0.5, 0.6) is 0 Å². The summed E-state index contributed by atoms with van der Waals surface area (Å²) >= 11 is 1.38. The monoisotopic (exact) mass is 335 g/mol. The van der Waals surface area contributed by atoms with Crippen molar-refractivity contribution in [1.82, 2.24) is 20.4 Å². The van der Waals surface area contributed by atoms with Gasteiger partial charge in [-0.1, -0.05) is 6.92 Å². The average molecular weight is 335 g/mol. The summed E-state index contributed by atoms with van der Waals surface area (Å²) in [6, 6.07) is 0. The topological polar surface area (TPSA) is 84.2 Å². The van der Waals surface area contributed by atoms with Crippen LogP contribution in [-0.4, -0.2) is 40.7 Å². The Morgan fingerprint density at radius 1 is 1.57 bits per heavy atom. The van der Waals surface area contributed by atoms with E-state index >= 15 is 0 Å². The number of aryl methyl sites for hydroxylation is 2. The number of anilines is 1. The fourth-order valence-electron chi connectivity index (χ4n) is 2.77. The van der Waals surface area contributed by atoms with Gasteiger partial charge >= 0.3 is 0 Å². The van der Waals surface area contributed by atoms with Crippen LogP contribution in [0.3, 0.4) is 0 Å². The second-order valence-electron chi connectivity index (χ2n) is 5.77. The summed E-state index contributed by atoms with van der Waals surface area (Å²) in [5.74, 6) is 1.69. The zero-order chi connectivity index (χ0) is 16.2. The highest BCUT2D eigenvalue weighted by Crippen LogP contribution is 2.21. The van der Waals surface area contributed by atoms with Gasteiger partial charge in [-0.2, -0.15) is 4.98 Å². The van der Waals surface area contributed by atoms with E-state index < -0.39 is 0 Å². The van der Waals surface area contributed by atoms with E-state index in [-0.39, 0.29) is 5.91 Å². The molecule has 2 aromatic rings. The molecule has 1 aliphatic heterocycles. The predicted molar refractivity (Wildman–Crippen MR) is 87.8 cm³/mol. The molecule has 0 aliphatic carbocycles. The van der Waals surface area contributed by atoms with Crippen LogP contribution < -0.4 is 10.2 Å². The fraction of sp³-hybridized carbons (Fsp3) is 0.600. The molecule has 1 unspecified atom stereocenters. The summed E-state index contributed by atoms with van der Waals surface area (Å²) in [6.45, 7) is 6.28. The van der Waals surface area contributed by atoms with Gasteiger partial charge in [0.05, 0.1) is 11.2 Å². The Labute approximate surface area is 139 Å². The first-order chi connectivity index (χ1) is 11.2. The molecule has 2 aromatic heterocycles. The van der Waals surface area contributed by atoms with Crippen LogP contribution in [0.25, 0.3) is 0 Å². The molecule has 1 N–H and O–H groups in total. The number of piperidine rings is 1. The van der Waals surface area contributed by atoms with Crippen molar-refractivity contribution in [1.29, 1.82) is 0 Å². The average Bonchev–Trinajstić information content (AvgIpc) is 3.21. The zero-order valence-electron chi connectivity index (χ0n) is 13.4. The van der Waals surface area contributed by atoms with Gasteiger partial charge in [-0.05, 0) is 30.8 Å². The van der Waals surface area contributed by atoms with Gasteiger partial charge in [-0.3, -0.25) is 4.79 Å². The minimum Gasteiger partial charge on any atom is -0.351 e. The molecule has 3 heterocycles. The van der Waals surface area contributed by atoms with Gasteiger partial charge in [0.1, 0.15) is 4.88 Å². The van der Waals surface area contributed by atoms with Crippen LogP contribution in [-0.2, 0) is 6.42 Å². The van der Waals surface area contributed by atoms with Gasteiger partial charge in [-0.15, -0.1) is 11.3 Å². The molecule has 0 saturated carbocycles. The Kier molecular flexibility index (Phi) is 4.90. The molecule has 3 rings (SSSR count). The first kappa shape index (κ1) is 15.9. The van der Waals surface area contributed by atoms with Crippen molar-refractivity contribution in [3.63, 3.8) is 0 Å². The molecule has 8 heteroatoms. The normalized spacial score (nSPS) is 18.2. The summed E-state index contributed by atoms with van der Waals surface area (Å²) in [7, 11) is 0. The number of rotatable bonds is 5. The molecule has 23 heavy (non-hydrogen) atoms. The maximum absolute atomic E-state index is 12.2. The molecule has 0 bridgehead atoms. The van der Waals surface area contributed by atoms with E-state index in [1.807, 2.05) is 13.8 Å². The molecule has 1 atom stereocenters. The van der Waals surface area contributed by atoms with E-state index in [1.165, 1.54) is 11.3 Å². The van der Waals surface area contributed by atoms with E-state index in [0.717, 1.165) is 38.0 Å². The Morgan fingerprint density at radius 3 is 3.13 bits per heavy atom. The molecule has 1 fully saturated rings. The van der Waals surface area contributed by atoms with Gasteiger partial charge in [0.25, 0.3) is 11.9 Å². The van der Waals surface area contributed by atoms with Crippen LogP contribution in [0.2, 0.25) is 0 Å². The van der Waals surface area contributed by atoms with E-state index in [2.05, 4.69) is 25.3 Å². The van der Waals surface area contributed by atoms with Crippen molar-refractivity contribution in [3.05, 3.63) is 22.0 Å². The van der Waals surface area contributed by atoms with Gasteiger partial charge in [-0.25, -0.2) is 4.98 Å². The second kappa shape index (κ2) is 7.08. The van der Waals surface area contributed by atoms with E-state index in [4.69, 9.17) is 4.52 Å². The van der Waals surface area contributed by atoms with E-state index in [1.54, 1.807) is 5.51 Å². The van der Waals surface area contributed by atoms with Gasteiger partial charge in [0.2, 0.25) is 5.89 Å². The summed E-state index contributed by atoms with van der Waals surface area (Å²) in [4.78, 5) is 23.5. The minimum absolute atomic E-state index is 0.0325. The number of nitrogens with one attached hydrogen (secondary N) is 1. The van der Waals surface area contributed by atoms with E-state index in [0.29, 0.717) is 29.2 Å². The largest absolute Gasteiger partial charge is 0.351 e. The Balaban J connectivity index is 1.54. The smallest absolute Gasteiger partial charge is 0.266 e. The van der Waals surface area contributed by atoms with Gasteiger partial charge in [0, 0.05) is 26.1 Å². The minimum atomic E-state index is -0.0325. The number of amides is 1. The highest BCUT2D eigenvalue weighted by atomic mass is 32.1. The van der Waals surface area contributed by atoms with Gasteiger partial charge in [0.15, 0.2) is 0 Å². The Morgan fingerprint density at radius 2 is 2.43 bits per heavy atom. The number of hydrogen-bond donors (Lipinski definition) is 1. The summed E-state index contributed by atoms with van der Waals surface area (Å²) in [5, 5.41) is 7.06. The molecule has 1 aliphatic rings. The number of carbonyl (C=O) groups is 1.